The van der Waals surface area contributed by atoms with Gasteiger partial charge in [-0.25, -0.2) is 0 Å². The summed E-state index contributed by atoms with van der Waals surface area (Å²) >= 11 is 6.06. The summed E-state index contributed by atoms with van der Waals surface area (Å²) in [5.41, 5.74) is 1.57. The molecule has 5 nitrogen and oxygen atoms in total. The Kier molecular flexibility index (Phi) is 5.29. The van der Waals surface area contributed by atoms with Crippen molar-refractivity contribution in [2.45, 2.75) is 6.04 Å². The van der Waals surface area contributed by atoms with E-state index in [2.05, 4.69) is 0 Å². The Morgan fingerprint density at radius 3 is 2.40 bits per heavy atom. The van der Waals surface area contributed by atoms with Crippen molar-refractivity contribution in [1.82, 2.24) is 0 Å². The van der Waals surface area contributed by atoms with Gasteiger partial charge < -0.3 is 9.84 Å². The van der Waals surface area contributed by atoms with Crippen LogP contribution in [0.15, 0.2) is 84.4 Å². The summed E-state index contributed by atoms with van der Waals surface area (Å²) in [6, 6.07) is 21.8. The van der Waals surface area contributed by atoms with Crippen molar-refractivity contribution in [3.63, 3.8) is 0 Å². The van der Waals surface area contributed by atoms with Crippen molar-refractivity contribution in [3.05, 3.63) is 101 Å². The molecule has 0 saturated carbocycles. The summed E-state index contributed by atoms with van der Waals surface area (Å²) < 4.78 is 5.28. The Morgan fingerprint density at radius 1 is 0.967 bits per heavy atom. The number of hydrogen-bond acceptors (Lipinski definition) is 4. The molecule has 4 rings (SSSR count). The Labute approximate surface area is 178 Å². The molecule has 0 aliphatic carbocycles. The van der Waals surface area contributed by atoms with Crippen LogP contribution in [0.25, 0.3) is 5.76 Å². The molecule has 1 atom stereocenters. The first-order valence-corrected chi connectivity index (χ1v) is 9.65. The van der Waals surface area contributed by atoms with Gasteiger partial charge in [0.05, 0.1) is 18.7 Å². The lowest BCUT2D eigenvalue weighted by Gasteiger charge is -2.25. The van der Waals surface area contributed by atoms with E-state index in [1.165, 1.54) is 12.0 Å². The number of ether oxygens (including phenoxy) is 1. The van der Waals surface area contributed by atoms with Crippen molar-refractivity contribution >= 4 is 34.7 Å². The fourth-order valence-electron chi connectivity index (χ4n) is 3.60. The van der Waals surface area contributed by atoms with Crippen LogP contribution < -0.4 is 9.64 Å². The molecule has 0 bridgehead atoms. The topological polar surface area (TPSA) is 66.8 Å². The quantitative estimate of drug-likeness (QED) is 0.368. The van der Waals surface area contributed by atoms with Crippen molar-refractivity contribution in [1.29, 1.82) is 0 Å². The van der Waals surface area contributed by atoms with Crippen molar-refractivity contribution in [2.24, 2.45) is 0 Å². The van der Waals surface area contributed by atoms with Gasteiger partial charge in [0, 0.05) is 22.3 Å². The first-order valence-electron chi connectivity index (χ1n) is 9.27. The number of aliphatic hydroxyl groups excluding tert-OH is 1. The molecule has 0 aromatic heterocycles. The first-order chi connectivity index (χ1) is 14.5. The first kappa shape index (κ1) is 19.7. The number of amides is 1. The molecule has 1 heterocycles. The molecule has 30 heavy (non-hydrogen) atoms. The number of carbonyl (C=O) groups excluding carboxylic acids is 2. The minimum atomic E-state index is -0.794. The molecule has 3 aromatic rings. The van der Waals surface area contributed by atoms with Crippen LogP contribution in [0.1, 0.15) is 17.2 Å². The van der Waals surface area contributed by atoms with Crippen LogP contribution in [0.4, 0.5) is 5.69 Å². The number of benzene rings is 3. The molecule has 6 heteroatoms. The monoisotopic (exact) mass is 419 g/mol. The largest absolute Gasteiger partial charge is 0.507 e. The third kappa shape index (κ3) is 3.44. The number of nitrogens with zero attached hydrogens (tertiary/aromatic N) is 1. The molecule has 1 aliphatic rings. The molecule has 1 aliphatic heterocycles. The van der Waals surface area contributed by atoms with E-state index in [1.54, 1.807) is 48.5 Å². The number of hydrogen-bond donors (Lipinski definition) is 1. The number of halogens is 1. The second kappa shape index (κ2) is 8.05. The van der Waals surface area contributed by atoms with Gasteiger partial charge in [0.2, 0.25) is 0 Å². The van der Waals surface area contributed by atoms with Crippen molar-refractivity contribution in [2.75, 3.05) is 12.0 Å². The number of rotatable bonds is 4. The molecule has 0 spiro atoms. The van der Waals surface area contributed by atoms with Gasteiger partial charge in [0.1, 0.15) is 11.5 Å². The predicted octanol–water partition coefficient (Wildman–Crippen LogP) is 4.97. The molecule has 1 N–H and O–H groups in total. The van der Waals surface area contributed by atoms with Gasteiger partial charge in [-0.1, -0.05) is 60.1 Å². The smallest absolute Gasteiger partial charge is 0.300 e. The Hall–Kier alpha value is -3.57. The Morgan fingerprint density at radius 2 is 1.70 bits per heavy atom. The van der Waals surface area contributed by atoms with Gasteiger partial charge >= 0.3 is 0 Å². The highest BCUT2D eigenvalue weighted by Crippen LogP contribution is 2.42. The average molecular weight is 420 g/mol. The lowest BCUT2D eigenvalue weighted by molar-refractivity contribution is -0.132. The maximum atomic E-state index is 13.1. The van der Waals surface area contributed by atoms with Gasteiger partial charge in [0.25, 0.3) is 11.7 Å². The maximum Gasteiger partial charge on any atom is 0.300 e. The van der Waals surface area contributed by atoms with E-state index >= 15 is 0 Å². The Bertz CT molecular complexity index is 1160. The molecule has 150 valence electrons. The summed E-state index contributed by atoms with van der Waals surface area (Å²) in [7, 11) is 1.53. The zero-order valence-corrected chi connectivity index (χ0v) is 16.8. The number of anilines is 1. The zero-order chi connectivity index (χ0) is 21.3. The molecule has 3 aromatic carbocycles. The van der Waals surface area contributed by atoms with E-state index in [0.29, 0.717) is 27.6 Å². The minimum absolute atomic E-state index is 0.0105. The Balaban J connectivity index is 1.95. The lowest BCUT2D eigenvalue weighted by atomic mass is 9.95. The van der Waals surface area contributed by atoms with Crippen LogP contribution in [0.3, 0.4) is 0 Å². The van der Waals surface area contributed by atoms with E-state index in [0.717, 1.165) is 0 Å². The van der Waals surface area contributed by atoms with Gasteiger partial charge in [-0.05, 0) is 29.8 Å². The predicted molar refractivity (Wildman–Crippen MR) is 116 cm³/mol. The molecular formula is C24H18ClNO4. The van der Waals surface area contributed by atoms with Gasteiger partial charge in [0.15, 0.2) is 0 Å². The van der Waals surface area contributed by atoms with Crippen LogP contribution in [-0.4, -0.2) is 23.9 Å². The molecule has 1 amide bonds. The fraction of sp³-hybridized carbons (Fsp3) is 0.0833. The van der Waals surface area contributed by atoms with E-state index < -0.39 is 17.7 Å². The SMILES string of the molecule is COc1cccc(N2C(=O)C(=O)/C(=C(/O)c3cccc(Cl)c3)C2c2ccccc2)c1. The highest BCUT2D eigenvalue weighted by molar-refractivity contribution is 6.51. The van der Waals surface area contributed by atoms with Gasteiger partial charge in [-0.15, -0.1) is 0 Å². The third-order valence-corrected chi connectivity index (χ3v) is 5.22. The maximum absolute atomic E-state index is 13.1. The summed E-state index contributed by atoms with van der Waals surface area (Å²) in [6.07, 6.45) is 0. The summed E-state index contributed by atoms with van der Waals surface area (Å²) in [4.78, 5) is 27.5. The lowest BCUT2D eigenvalue weighted by Crippen LogP contribution is -2.29. The van der Waals surface area contributed by atoms with Crippen LogP contribution >= 0.6 is 11.6 Å². The summed E-state index contributed by atoms with van der Waals surface area (Å²) in [6.45, 7) is 0. The number of Topliss-reactive ketones (excluding diaryl/α,β-unsaturated/α-hetero) is 1. The van der Waals surface area contributed by atoms with E-state index in [4.69, 9.17) is 16.3 Å². The van der Waals surface area contributed by atoms with E-state index in [-0.39, 0.29) is 11.3 Å². The van der Waals surface area contributed by atoms with Crippen LogP contribution in [-0.2, 0) is 9.59 Å². The summed E-state index contributed by atoms with van der Waals surface area (Å²) in [5, 5.41) is 11.4. The number of ketones is 1. The number of aliphatic hydroxyl groups is 1. The van der Waals surface area contributed by atoms with E-state index in [9.17, 15) is 14.7 Å². The van der Waals surface area contributed by atoms with Crippen LogP contribution in [0.2, 0.25) is 5.02 Å². The minimum Gasteiger partial charge on any atom is -0.507 e. The summed E-state index contributed by atoms with van der Waals surface area (Å²) in [5.74, 6) is -1.20. The number of carbonyl (C=O) groups is 2. The normalized spacial score (nSPS) is 17.9. The molecule has 1 fully saturated rings. The van der Waals surface area contributed by atoms with Crippen LogP contribution in [0, 0.1) is 0 Å². The van der Waals surface area contributed by atoms with Crippen molar-refractivity contribution < 1.29 is 19.4 Å². The second-order valence-electron chi connectivity index (χ2n) is 6.79. The van der Waals surface area contributed by atoms with Crippen molar-refractivity contribution in [3.8, 4) is 5.75 Å². The fourth-order valence-corrected chi connectivity index (χ4v) is 3.79. The highest BCUT2D eigenvalue weighted by atomic mass is 35.5. The standard InChI is InChI=1S/C24H18ClNO4/c1-30-19-12-6-11-18(14-19)26-21(15-7-3-2-4-8-15)20(23(28)24(26)29)22(27)16-9-5-10-17(25)13-16/h2-14,21,27H,1H3/b22-20+. The molecule has 1 saturated heterocycles. The van der Waals surface area contributed by atoms with E-state index in [1.807, 2.05) is 30.3 Å². The number of methoxy groups -OCH3 is 1. The van der Waals surface area contributed by atoms with Gasteiger partial charge in [-0.2, -0.15) is 0 Å². The molecule has 0 radical (unpaired) electrons. The third-order valence-electron chi connectivity index (χ3n) is 4.99. The molecular weight excluding hydrogens is 402 g/mol. The zero-order valence-electron chi connectivity index (χ0n) is 16.1. The van der Waals surface area contributed by atoms with Gasteiger partial charge in [-0.3, -0.25) is 14.5 Å². The van der Waals surface area contributed by atoms with Crippen LogP contribution in [0.5, 0.6) is 5.75 Å². The molecule has 1 unspecified atom stereocenters. The second-order valence-corrected chi connectivity index (χ2v) is 7.23. The highest BCUT2D eigenvalue weighted by Gasteiger charge is 2.47. The average Bonchev–Trinajstić information content (AvgIpc) is 3.04.